The standard InChI is InChI=1S/C68H87N13O16S2/c1-9-68(54-33-57-61-52(39-80(57)63(86)53(54)41-94-64(68)87)50(51-18-13-14-19-55(51)76-61)26-30-81(44(2)3)99(8,91)92)97-66(88)95-40-46-22-24-48(25-23-46)74-62(85)56(20-15-16-29-69)75-60(84)43-93-42-59(83)70-34-45(4)27-32-96-67(5,6)28-31-79-38-49(77-78-79)37-71-58(82)21-12-10-11-17-47-35-72-65(73-36-47)98(7,89)90/h13-14,18-19,22-25,33,35-36,38,44-45,56H,9-10,12,15-16,20-21,26-32,34,37,39-43,69H2,1-8H3,(H,70,83)(H,71,82)(H,74,85)(H,75,84)/t45?,56-,68-/m0/s1. The van der Waals surface area contributed by atoms with Gasteiger partial charge in [0, 0.05) is 86.0 Å². The second-order valence-corrected chi connectivity index (χ2v) is 29.3. The molecular formula is C68H87N13O16S2. The van der Waals surface area contributed by atoms with Gasteiger partial charge in [-0.25, -0.2) is 41.4 Å². The van der Waals surface area contributed by atoms with Gasteiger partial charge in [0.1, 0.15) is 38.2 Å². The van der Waals surface area contributed by atoms with Gasteiger partial charge in [-0.3, -0.25) is 28.7 Å². The lowest BCUT2D eigenvalue weighted by molar-refractivity contribution is -0.175. The highest BCUT2D eigenvalue weighted by Crippen LogP contribution is 2.42. The second-order valence-electron chi connectivity index (χ2n) is 25.4. The molecular weight excluding hydrogens is 1320 g/mol. The van der Waals surface area contributed by atoms with Crippen molar-refractivity contribution >= 4 is 72.2 Å². The Hall–Kier alpha value is -9.06. The molecule has 4 aromatic heterocycles. The molecule has 0 spiro atoms. The molecule has 6 aromatic rings. The molecule has 0 radical (unpaired) electrons. The summed E-state index contributed by atoms with van der Waals surface area (Å²) in [5.74, 6) is 3.22. The summed E-state index contributed by atoms with van der Waals surface area (Å²) in [6.07, 6.45) is 9.51. The zero-order valence-corrected chi connectivity index (χ0v) is 58.6. The molecule has 0 saturated heterocycles. The number of anilines is 1. The Morgan fingerprint density at radius 2 is 1.65 bits per heavy atom. The molecule has 2 aliphatic rings. The van der Waals surface area contributed by atoms with Crippen LogP contribution in [0.4, 0.5) is 10.5 Å². The average molecular weight is 1410 g/mol. The van der Waals surface area contributed by atoms with Gasteiger partial charge in [-0.2, -0.15) is 4.31 Å². The number of hydrogen-bond acceptors (Lipinski definition) is 22. The molecule has 8 rings (SSSR count). The number of carbonyl (C=O) groups excluding carboxylic acids is 6. The van der Waals surface area contributed by atoms with E-state index in [1.54, 1.807) is 66.5 Å². The van der Waals surface area contributed by atoms with Crippen LogP contribution in [0.3, 0.4) is 0 Å². The molecule has 532 valence electrons. The molecule has 4 amide bonds. The molecule has 0 aliphatic carbocycles. The van der Waals surface area contributed by atoms with Crippen molar-refractivity contribution in [3.8, 4) is 23.2 Å². The predicted molar refractivity (Wildman–Crippen MR) is 364 cm³/mol. The molecule has 1 unspecified atom stereocenters. The highest BCUT2D eigenvalue weighted by Gasteiger charge is 2.51. The number of carbonyl (C=O) groups is 6. The van der Waals surface area contributed by atoms with Gasteiger partial charge in [0.25, 0.3) is 5.56 Å². The average Bonchev–Trinajstić information content (AvgIpc) is 1.63. The number of fused-ring (bicyclic) bond motifs is 5. The Balaban J connectivity index is 0.737. The van der Waals surface area contributed by atoms with Crippen molar-refractivity contribution in [1.82, 2.24) is 54.8 Å². The lowest BCUT2D eigenvalue weighted by Crippen LogP contribution is -2.47. The third-order valence-electron chi connectivity index (χ3n) is 16.8. The zero-order chi connectivity index (χ0) is 71.7. The number of ether oxygens (including phenoxy) is 5. The summed E-state index contributed by atoms with van der Waals surface area (Å²) >= 11 is 0. The van der Waals surface area contributed by atoms with E-state index in [0.29, 0.717) is 111 Å². The lowest BCUT2D eigenvalue weighted by Gasteiger charge is -2.35. The van der Waals surface area contributed by atoms with Crippen LogP contribution in [0.5, 0.6) is 0 Å². The van der Waals surface area contributed by atoms with E-state index in [0.717, 1.165) is 22.8 Å². The van der Waals surface area contributed by atoms with E-state index >= 15 is 0 Å². The highest BCUT2D eigenvalue weighted by molar-refractivity contribution is 7.90. The van der Waals surface area contributed by atoms with E-state index in [9.17, 15) is 50.4 Å². The predicted octanol–water partition coefficient (Wildman–Crippen LogP) is 4.87. The van der Waals surface area contributed by atoms with Gasteiger partial charge in [0.2, 0.25) is 54.2 Å². The van der Waals surface area contributed by atoms with Crippen molar-refractivity contribution < 1.29 is 69.3 Å². The number of nitrogens with two attached hydrogens (primary N) is 1. The molecule has 29 nitrogen and oxygen atoms in total. The summed E-state index contributed by atoms with van der Waals surface area (Å²) in [5, 5.41) is 20.0. The Kier molecular flexibility index (Phi) is 26.1. The number of cyclic esters (lactones) is 1. The van der Waals surface area contributed by atoms with Gasteiger partial charge in [0.15, 0.2) is 0 Å². The van der Waals surface area contributed by atoms with Crippen molar-refractivity contribution in [3.05, 3.63) is 123 Å². The first-order valence-electron chi connectivity index (χ1n) is 32.8. The largest absolute Gasteiger partial charge is 0.510 e. The van der Waals surface area contributed by atoms with E-state index < -0.39 is 85.7 Å². The summed E-state index contributed by atoms with van der Waals surface area (Å²) in [5.41, 5.74) is 7.94. The third kappa shape index (κ3) is 20.8. The van der Waals surface area contributed by atoms with Crippen LogP contribution in [0.25, 0.3) is 22.3 Å². The van der Waals surface area contributed by atoms with Gasteiger partial charge in [0.05, 0.1) is 59.2 Å². The number of rotatable bonds is 35. The van der Waals surface area contributed by atoms with Gasteiger partial charge in [-0.05, 0) is 127 Å². The topological polar surface area (TPSA) is 386 Å². The summed E-state index contributed by atoms with van der Waals surface area (Å²) < 4.78 is 81.8. The van der Waals surface area contributed by atoms with Crippen LogP contribution in [0, 0.1) is 17.8 Å². The number of para-hydroxylation sites is 1. The van der Waals surface area contributed by atoms with E-state index in [1.807, 2.05) is 45.0 Å². The monoisotopic (exact) mass is 1410 g/mol. The summed E-state index contributed by atoms with van der Waals surface area (Å²) in [6.45, 7) is 11.8. The first-order chi connectivity index (χ1) is 47.1. The van der Waals surface area contributed by atoms with Gasteiger partial charge < -0.3 is 55.3 Å². The van der Waals surface area contributed by atoms with Gasteiger partial charge in [-0.15, -0.1) is 5.10 Å². The number of esters is 1. The highest BCUT2D eigenvalue weighted by atomic mass is 32.2. The number of sulfonamides is 1. The van der Waals surface area contributed by atoms with Crippen LogP contribution >= 0.6 is 0 Å². The minimum absolute atomic E-state index is 0.0454. The zero-order valence-electron chi connectivity index (χ0n) is 57.0. The minimum atomic E-state index is -3.54. The Labute approximate surface area is 575 Å². The van der Waals surface area contributed by atoms with Crippen LogP contribution in [-0.2, 0) is 112 Å². The number of aromatic nitrogens is 7. The number of aryl methyl sites for hydroxylation is 1. The molecule has 0 saturated carbocycles. The van der Waals surface area contributed by atoms with E-state index in [1.165, 1.54) is 23.0 Å². The maximum Gasteiger partial charge on any atom is 0.510 e. The number of hydrogen-bond donors (Lipinski definition) is 5. The number of nitrogens with one attached hydrogen (secondary N) is 4. The van der Waals surface area contributed by atoms with Crippen LogP contribution < -0.4 is 32.6 Å². The molecule has 0 fully saturated rings. The molecule has 6 heterocycles. The summed E-state index contributed by atoms with van der Waals surface area (Å²) in [7, 11) is -7.04. The fourth-order valence-electron chi connectivity index (χ4n) is 11.4. The van der Waals surface area contributed by atoms with Crippen molar-refractivity contribution in [2.45, 2.75) is 167 Å². The van der Waals surface area contributed by atoms with E-state index in [4.69, 9.17) is 34.4 Å². The smallest absolute Gasteiger partial charge is 0.457 e. The van der Waals surface area contributed by atoms with Crippen LogP contribution in [-0.4, -0.2) is 161 Å². The van der Waals surface area contributed by atoms with Crippen LogP contribution in [0.1, 0.15) is 138 Å². The molecule has 6 N–H and O–H groups in total. The SMILES string of the molecule is CC[C@@]1(OC(=O)OCc2ccc(NC(=O)[C@H](CCCCN)NC(=O)COCC(=O)NCC(C)CCOC(C)(C)CCn3cc(CNC(=O)CCCC#Cc4cnc(S(C)(=O)=O)nc4)nn3)cc2)C(=O)OCc2c1cc1n(c2=O)Cc2c-1nc1ccccc1c2CCN(C(C)C)S(C)(=O)=O. The fourth-order valence-corrected chi connectivity index (χ4v) is 13.0. The Bertz CT molecular complexity index is 4270. The number of nitrogens with zero attached hydrogens (tertiary/aromatic N) is 8. The normalized spacial score (nSPS) is 14.8. The van der Waals surface area contributed by atoms with Crippen molar-refractivity contribution in [2.75, 3.05) is 57.3 Å². The molecule has 2 aromatic carbocycles. The Morgan fingerprint density at radius 1 is 0.909 bits per heavy atom. The molecule has 31 heteroatoms. The fraction of sp³-hybridized carbons (Fsp3) is 0.500. The number of benzene rings is 2. The molecule has 2 aliphatic heterocycles. The molecule has 0 bridgehead atoms. The van der Waals surface area contributed by atoms with Gasteiger partial charge in [-0.1, -0.05) is 61.2 Å². The number of pyridine rings is 2. The van der Waals surface area contributed by atoms with Crippen LogP contribution in [0.15, 0.2) is 83.1 Å². The third-order valence-corrected chi connectivity index (χ3v) is 19.1. The number of unbranched alkanes of at least 4 members (excludes halogenated alkanes) is 2. The lowest BCUT2D eigenvalue weighted by atomic mass is 9.85. The van der Waals surface area contributed by atoms with Crippen LogP contribution in [0.2, 0.25) is 0 Å². The first kappa shape index (κ1) is 75.7. The minimum Gasteiger partial charge on any atom is -0.457 e. The number of sulfone groups is 1. The maximum atomic E-state index is 14.4. The van der Waals surface area contributed by atoms with Crippen molar-refractivity contribution in [2.24, 2.45) is 11.7 Å². The van der Waals surface area contributed by atoms with E-state index in [2.05, 4.69) is 53.4 Å². The van der Waals surface area contributed by atoms with Crippen molar-refractivity contribution in [3.63, 3.8) is 0 Å². The summed E-state index contributed by atoms with van der Waals surface area (Å²) in [4.78, 5) is 106. The Morgan fingerprint density at radius 3 is 2.35 bits per heavy atom. The van der Waals surface area contributed by atoms with Gasteiger partial charge >= 0.3 is 12.1 Å². The molecule has 99 heavy (non-hydrogen) atoms. The molecule has 3 atom stereocenters. The van der Waals surface area contributed by atoms with E-state index in [-0.39, 0.29) is 86.3 Å². The van der Waals surface area contributed by atoms with Crippen molar-refractivity contribution in [1.29, 1.82) is 0 Å². The number of amides is 4. The quantitative estimate of drug-likeness (QED) is 0.0153. The maximum absolute atomic E-state index is 14.4. The summed E-state index contributed by atoms with van der Waals surface area (Å²) in [6, 6.07) is 14.1. The first-order valence-corrected chi connectivity index (χ1v) is 36.5. The second kappa shape index (κ2) is 34.1.